The molecular formula is C60H43NO2. The second-order valence-electron chi connectivity index (χ2n) is 18.5. The standard InChI is InChI=1S/C60H43NO2/c1-59(2)49-19-11-8-16-42(49)44-29-24-38(32-51(44)59)56-57-47-18-10-13-21-53(47)62-55(57)35-48-46-31-28-41(34-54(46)63-58(48)56)61(39-25-22-37(23-26-39)36-14-6-5-7-15-36)40-27-30-45-43-17-9-12-20-50(43)60(3,4)52(45)33-40/h5-35H,1-4H3. The van der Waals surface area contributed by atoms with Crippen LogP contribution in [0.15, 0.2) is 197 Å². The zero-order valence-corrected chi connectivity index (χ0v) is 35.7. The molecule has 0 atom stereocenters. The number of furan rings is 2. The Kier molecular flexibility index (Phi) is 7.42. The molecule has 3 heteroatoms. The molecule has 2 aliphatic rings. The maximum atomic E-state index is 7.22. The molecule has 63 heavy (non-hydrogen) atoms. The third-order valence-corrected chi connectivity index (χ3v) is 14.3. The van der Waals surface area contributed by atoms with Crippen molar-refractivity contribution >= 4 is 60.9 Å². The van der Waals surface area contributed by atoms with Crippen molar-refractivity contribution in [2.75, 3.05) is 4.90 Å². The normalized spacial score (nSPS) is 14.3. The van der Waals surface area contributed by atoms with E-state index in [1.54, 1.807) is 0 Å². The Morgan fingerprint density at radius 1 is 0.349 bits per heavy atom. The van der Waals surface area contributed by atoms with Crippen molar-refractivity contribution < 1.29 is 8.83 Å². The summed E-state index contributed by atoms with van der Waals surface area (Å²) in [5.74, 6) is 0. The van der Waals surface area contributed by atoms with Gasteiger partial charge in [0.2, 0.25) is 0 Å². The van der Waals surface area contributed by atoms with Crippen molar-refractivity contribution in [3.05, 3.63) is 210 Å². The fourth-order valence-electron chi connectivity index (χ4n) is 11.1. The third kappa shape index (κ3) is 5.14. The molecule has 0 fully saturated rings. The summed E-state index contributed by atoms with van der Waals surface area (Å²) >= 11 is 0. The van der Waals surface area contributed by atoms with Crippen LogP contribution in [0.2, 0.25) is 0 Å². The molecule has 3 nitrogen and oxygen atoms in total. The highest BCUT2D eigenvalue weighted by atomic mass is 16.3. The van der Waals surface area contributed by atoms with E-state index in [-0.39, 0.29) is 10.8 Å². The van der Waals surface area contributed by atoms with Gasteiger partial charge in [-0.15, -0.1) is 0 Å². The number of hydrogen-bond donors (Lipinski definition) is 0. The Labute approximate surface area is 366 Å². The van der Waals surface area contributed by atoms with Crippen molar-refractivity contribution in [1.82, 2.24) is 0 Å². The minimum Gasteiger partial charge on any atom is -0.456 e. The number of fused-ring (bicyclic) bond motifs is 12. The van der Waals surface area contributed by atoms with E-state index in [4.69, 9.17) is 8.83 Å². The highest BCUT2D eigenvalue weighted by molar-refractivity contribution is 6.23. The van der Waals surface area contributed by atoms with Crippen molar-refractivity contribution in [2.24, 2.45) is 0 Å². The number of anilines is 3. The zero-order chi connectivity index (χ0) is 42.2. The van der Waals surface area contributed by atoms with Crippen LogP contribution in [-0.2, 0) is 10.8 Å². The zero-order valence-electron chi connectivity index (χ0n) is 35.7. The molecule has 0 N–H and O–H groups in total. The first-order chi connectivity index (χ1) is 30.7. The number of para-hydroxylation sites is 1. The predicted octanol–water partition coefficient (Wildman–Crippen LogP) is 16.9. The summed E-state index contributed by atoms with van der Waals surface area (Å²) in [6, 6.07) is 68.4. The average molecular weight is 810 g/mol. The van der Waals surface area contributed by atoms with Crippen LogP contribution in [0.3, 0.4) is 0 Å². The molecule has 2 aliphatic carbocycles. The van der Waals surface area contributed by atoms with Crippen molar-refractivity contribution in [2.45, 2.75) is 38.5 Å². The van der Waals surface area contributed by atoms with Gasteiger partial charge in [-0.25, -0.2) is 0 Å². The molecule has 0 bridgehead atoms. The monoisotopic (exact) mass is 809 g/mol. The molecule has 13 rings (SSSR count). The van der Waals surface area contributed by atoms with E-state index in [1.165, 1.54) is 55.6 Å². The second kappa shape index (κ2) is 13.0. The van der Waals surface area contributed by atoms with Crippen LogP contribution in [0.25, 0.3) is 88.4 Å². The topological polar surface area (TPSA) is 29.5 Å². The summed E-state index contributed by atoms with van der Waals surface area (Å²) < 4.78 is 13.9. The van der Waals surface area contributed by atoms with Crippen LogP contribution >= 0.6 is 0 Å². The largest absolute Gasteiger partial charge is 0.456 e. The smallest absolute Gasteiger partial charge is 0.144 e. The first-order valence-electron chi connectivity index (χ1n) is 22.0. The number of hydrogen-bond acceptors (Lipinski definition) is 3. The number of benzene rings is 9. The van der Waals surface area contributed by atoms with E-state index in [1.807, 2.05) is 6.07 Å². The van der Waals surface area contributed by atoms with Gasteiger partial charge in [-0.05, 0) is 116 Å². The van der Waals surface area contributed by atoms with Crippen molar-refractivity contribution in [3.8, 4) is 44.5 Å². The van der Waals surface area contributed by atoms with Gasteiger partial charge in [0.05, 0.1) is 0 Å². The van der Waals surface area contributed by atoms with Gasteiger partial charge >= 0.3 is 0 Å². The second-order valence-corrected chi connectivity index (χ2v) is 18.5. The van der Waals surface area contributed by atoms with E-state index in [0.29, 0.717) is 0 Å². The molecular weight excluding hydrogens is 767 g/mol. The van der Waals surface area contributed by atoms with Gasteiger partial charge in [-0.2, -0.15) is 0 Å². The minimum atomic E-state index is -0.144. The van der Waals surface area contributed by atoms with Crippen LogP contribution in [0, 0.1) is 0 Å². The Bertz CT molecular complexity index is 3680. The Morgan fingerprint density at radius 2 is 0.905 bits per heavy atom. The van der Waals surface area contributed by atoms with Gasteiger partial charge < -0.3 is 13.7 Å². The molecule has 11 aromatic rings. The lowest BCUT2D eigenvalue weighted by molar-refractivity contribution is 0.660. The molecule has 9 aromatic carbocycles. The van der Waals surface area contributed by atoms with Gasteiger partial charge in [-0.1, -0.05) is 155 Å². The molecule has 0 saturated heterocycles. The van der Waals surface area contributed by atoms with E-state index in [9.17, 15) is 0 Å². The first-order valence-corrected chi connectivity index (χ1v) is 22.0. The average Bonchev–Trinajstić information content (AvgIpc) is 4.01. The fraction of sp³-hybridized carbons (Fsp3) is 0.100. The Hall–Kier alpha value is -7.62. The third-order valence-electron chi connectivity index (χ3n) is 14.3. The van der Waals surface area contributed by atoms with Crippen molar-refractivity contribution in [3.63, 3.8) is 0 Å². The van der Waals surface area contributed by atoms with E-state index in [0.717, 1.165) is 72.1 Å². The lowest BCUT2D eigenvalue weighted by Crippen LogP contribution is -2.16. The summed E-state index contributed by atoms with van der Waals surface area (Å²) in [6.45, 7) is 9.38. The van der Waals surface area contributed by atoms with E-state index in [2.05, 4.69) is 215 Å². The fourth-order valence-corrected chi connectivity index (χ4v) is 11.1. The molecule has 0 aliphatic heterocycles. The van der Waals surface area contributed by atoms with E-state index < -0.39 is 0 Å². The maximum absolute atomic E-state index is 7.22. The summed E-state index contributed by atoms with van der Waals surface area (Å²) in [5, 5.41) is 4.25. The molecule has 2 heterocycles. The first kappa shape index (κ1) is 36.1. The predicted molar refractivity (Wildman–Crippen MR) is 262 cm³/mol. The SMILES string of the molecule is CC1(C)c2ccccc2-c2ccc(-c3c4oc5cc(N(c6ccc(-c7ccccc7)cc6)c6ccc7c(c6)C(C)(C)c6ccccc6-7)ccc5c4cc4oc5ccccc5c34)cc21. The lowest BCUT2D eigenvalue weighted by atomic mass is 9.81. The maximum Gasteiger partial charge on any atom is 0.144 e. The van der Waals surface area contributed by atoms with Crippen molar-refractivity contribution in [1.29, 1.82) is 0 Å². The number of rotatable bonds is 5. The van der Waals surface area contributed by atoms with Crippen LogP contribution in [0.1, 0.15) is 49.9 Å². The molecule has 0 unspecified atom stereocenters. The van der Waals surface area contributed by atoms with Crippen LogP contribution < -0.4 is 4.90 Å². The molecule has 2 aromatic heterocycles. The lowest BCUT2D eigenvalue weighted by Gasteiger charge is -2.28. The molecule has 0 saturated carbocycles. The number of nitrogens with zero attached hydrogens (tertiary/aromatic N) is 1. The van der Waals surface area contributed by atoms with Crippen LogP contribution in [0.5, 0.6) is 0 Å². The molecule has 0 spiro atoms. The minimum absolute atomic E-state index is 0.138. The van der Waals surface area contributed by atoms with Gasteiger partial charge in [0, 0.05) is 61.1 Å². The molecule has 0 amide bonds. The van der Waals surface area contributed by atoms with Gasteiger partial charge in [0.15, 0.2) is 0 Å². The van der Waals surface area contributed by atoms with Gasteiger partial charge in [0.1, 0.15) is 22.3 Å². The highest BCUT2D eigenvalue weighted by Gasteiger charge is 2.37. The summed E-state index contributed by atoms with van der Waals surface area (Å²) in [7, 11) is 0. The Balaban J connectivity index is 1.02. The molecule has 0 radical (unpaired) electrons. The summed E-state index contributed by atoms with van der Waals surface area (Å²) in [6.07, 6.45) is 0. The highest BCUT2D eigenvalue weighted by Crippen LogP contribution is 2.53. The van der Waals surface area contributed by atoms with Crippen LogP contribution in [0.4, 0.5) is 17.1 Å². The summed E-state index contributed by atoms with van der Waals surface area (Å²) in [5.41, 5.74) is 21.5. The van der Waals surface area contributed by atoms with Gasteiger partial charge in [-0.3, -0.25) is 0 Å². The van der Waals surface area contributed by atoms with Gasteiger partial charge in [0.25, 0.3) is 0 Å². The molecule has 300 valence electrons. The summed E-state index contributed by atoms with van der Waals surface area (Å²) in [4.78, 5) is 2.38. The quantitative estimate of drug-likeness (QED) is 0.173. The Morgan fingerprint density at radius 3 is 1.65 bits per heavy atom. The van der Waals surface area contributed by atoms with E-state index >= 15 is 0 Å². The van der Waals surface area contributed by atoms with Crippen LogP contribution in [-0.4, -0.2) is 0 Å².